The van der Waals surface area contributed by atoms with Gasteiger partial charge in [-0.1, -0.05) is 12.2 Å². The maximum atomic E-state index is 5.74. The fourth-order valence-electron chi connectivity index (χ4n) is 2.01. The molecule has 0 saturated heterocycles. The van der Waals surface area contributed by atoms with Gasteiger partial charge in [0.1, 0.15) is 17.3 Å². The lowest BCUT2D eigenvalue weighted by molar-refractivity contribution is 0.232. The third-order valence-electron chi connectivity index (χ3n) is 3.35. The summed E-state index contributed by atoms with van der Waals surface area (Å²) in [5.74, 6) is 0.886. The molecule has 98 valence electrons. The molecule has 1 saturated carbocycles. The van der Waals surface area contributed by atoms with Crippen molar-refractivity contribution in [1.82, 2.24) is 4.90 Å². The first-order chi connectivity index (χ1) is 8.58. The Morgan fingerprint density at radius 1 is 1.50 bits per heavy atom. The molecule has 1 aliphatic carbocycles. The first-order valence-corrected chi connectivity index (χ1v) is 6.72. The van der Waals surface area contributed by atoms with Gasteiger partial charge in [0.15, 0.2) is 0 Å². The van der Waals surface area contributed by atoms with Crippen LogP contribution >= 0.6 is 12.2 Å². The largest absolute Gasteiger partial charge is 0.492 e. The third-order valence-corrected chi connectivity index (χ3v) is 3.57. The highest BCUT2D eigenvalue weighted by Gasteiger charge is 2.25. The van der Waals surface area contributed by atoms with Crippen LogP contribution in [0.4, 0.5) is 0 Å². The molecule has 0 amide bonds. The minimum absolute atomic E-state index is 0.438. The van der Waals surface area contributed by atoms with E-state index in [1.165, 1.54) is 12.8 Å². The molecule has 1 aromatic carbocycles. The Labute approximate surface area is 114 Å². The summed E-state index contributed by atoms with van der Waals surface area (Å²) < 4.78 is 5.74. The highest BCUT2D eigenvalue weighted by Crippen LogP contribution is 2.25. The Hall–Kier alpha value is -1.13. The normalized spacial score (nSPS) is 14.8. The van der Waals surface area contributed by atoms with Crippen molar-refractivity contribution in [1.29, 1.82) is 0 Å². The van der Waals surface area contributed by atoms with Crippen LogP contribution in [0.15, 0.2) is 18.2 Å². The van der Waals surface area contributed by atoms with Gasteiger partial charge in [-0.05, 0) is 50.6 Å². The number of benzene rings is 1. The summed E-state index contributed by atoms with van der Waals surface area (Å²) in [6, 6.07) is 6.63. The molecule has 18 heavy (non-hydrogen) atoms. The molecule has 2 N–H and O–H groups in total. The maximum Gasteiger partial charge on any atom is 0.119 e. The molecule has 2 rings (SSSR count). The van der Waals surface area contributed by atoms with Crippen LogP contribution in [0.1, 0.15) is 24.0 Å². The SMILES string of the molecule is Cc1cc(OCCN(C)C2CC2)ccc1C(N)=S. The van der Waals surface area contributed by atoms with Crippen LogP contribution in [0.3, 0.4) is 0 Å². The summed E-state index contributed by atoms with van der Waals surface area (Å²) in [6.07, 6.45) is 2.66. The second-order valence-electron chi connectivity index (χ2n) is 4.90. The number of thiocarbonyl (C=S) groups is 1. The van der Waals surface area contributed by atoms with Gasteiger partial charge >= 0.3 is 0 Å². The standard InChI is InChI=1S/C14H20N2OS/c1-10-9-12(5-6-13(10)14(15)18)17-8-7-16(2)11-3-4-11/h5-6,9,11H,3-4,7-8H2,1-2H3,(H2,15,18). The van der Waals surface area contributed by atoms with Crippen molar-refractivity contribution in [3.63, 3.8) is 0 Å². The molecule has 0 heterocycles. The van der Waals surface area contributed by atoms with Gasteiger partial charge in [-0.2, -0.15) is 0 Å². The van der Waals surface area contributed by atoms with Crippen molar-refractivity contribution in [2.75, 3.05) is 20.2 Å². The summed E-state index contributed by atoms with van der Waals surface area (Å²) >= 11 is 4.98. The number of aryl methyl sites for hydroxylation is 1. The van der Waals surface area contributed by atoms with E-state index < -0.39 is 0 Å². The van der Waals surface area contributed by atoms with E-state index in [1.807, 2.05) is 25.1 Å². The van der Waals surface area contributed by atoms with E-state index in [-0.39, 0.29) is 0 Å². The van der Waals surface area contributed by atoms with Crippen molar-refractivity contribution in [2.24, 2.45) is 5.73 Å². The predicted octanol–water partition coefficient (Wildman–Crippen LogP) is 2.10. The highest BCUT2D eigenvalue weighted by molar-refractivity contribution is 7.80. The quantitative estimate of drug-likeness (QED) is 0.799. The Morgan fingerprint density at radius 3 is 2.78 bits per heavy atom. The predicted molar refractivity (Wildman–Crippen MR) is 78.2 cm³/mol. The van der Waals surface area contributed by atoms with E-state index in [0.29, 0.717) is 4.99 Å². The van der Waals surface area contributed by atoms with E-state index in [2.05, 4.69) is 11.9 Å². The minimum Gasteiger partial charge on any atom is -0.492 e. The Balaban J connectivity index is 1.85. The van der Waals surface area contributed by atoms with Crippen molar-refractivity contribution < 1.29 is 4.74 Å². The molecule has 0 aromatic heterocycles. The molecule has 3 nitrogen and oxygen atoms in total. The van der Waals surface area contributed by atoms with Gasteiger partial charge in [-0.3, -0.25) is 0 Å². The molecule has 1 fully saturated rings. The van der Waals surface area contributed by atoms with Gasteiger partial charge < -0.3 is 15.4 Å². The lowest BCUT2D eigenvalue weighted by Gasteiger charge is -2.16. The summed E-state index contributed by atoms with van der Waals surface area (Å²) in [7, 11) is 2.15. The lowest BCUT2D eigenvalue weighted by atomic mass is 10.1. The van der Waals surface area contributed by atoms with E-state index in [1.54, 1.807) is 0 Å². The summed E-state index contributed by atoms with van der Waals surface area (Å²) in [5, 5.41) is 0. The first kappa shape index (κ1) is 13.3. The summed E-state index contributed by atoms with van der Waals surface area (Å²) in [6.45, 7) is 3.69. The molecular formula is C14H20N2OS. The van der Waals surface area contributed by atoms with Crippen molar-refractivity contribution in [3.05, 3.63) is 29.3 Å². The van der Waals surface area contributed by atoms with Crippen LogP contribution in [-0.2, 0) is 0 Å². The smallest absolute Gasteiger partial charge is 0.119 e. The molecule has 0 unspecified atom stereocenters. The first-order valence-electron chi connectivity index (χ1n) is 6.31. The Morgan fingerprint density at radius 2 is 2.22 bits per heavy atom. The molecule has 1 aromatic rings. The Kier molecular flexibility index (Phi) is 4.19. The van der Waals surface area contributed by atoms with E-state index in [0.717, 1.165) is 36.1 Å². The number of likely N-dealkylation sites (N-methyl/N-ethyl adjacent to an activating group) is 1. The molecular weight excluding hydrogens is 244 g/mol. The number of rotatable bonds is 6. The van der Waals surface area contributed by atoms with Crippen LogP contribution in [0.5, 0.6) is 5.75 Å². The van der Waals surface area contributed by atoms with E-state index >= 15 is 0 Å². The average molecular weight is 264 g/mol. The summed E-state index contributed by atoms with van der Waals surface area (Å²) in [5.41, 5.74) is 7.62. The summed E-state index contributed by atoms with van der Waals surface area (Å²) in [4.78, 5) is 2.79. The van der Waals surface area contributed by atoms with Gasteiger partial charge in [-0.25, -0.2) is 0 Å². The number of hydrogen-bond acceptors (Lipinski definition) is 3. The molecule has 0 radical (unpaired) electrons. The monoisotopic (exact) mass is 264 g/mol. The molecule has 0 bridgehead atoms. The van der Waals surface area contributed by atoms with Crippen LogP contribution < -0.4 is 10.5 Å². The maximum absolute atomic E-state index is 5.74. The lowest BCUT2D eigenvalue weighted by Crippen LogP contribution is -2.26. The third kappa shape index (κ3) is 3.43. The van der Waals surface area contributed by atoms with E-state index in [9.17, 15) is 0 Å². The van der Waals surface area contributed by atoms with Crippen LogP contribution in [0.2, 0.25) is 0 Å². The van der Waals surface area contributed by atoms with Crippen LogP contribution in [0.25, 0.3) is 0 Å². The van der Waals surface area contributed by atoms with Crippen LogP contribution in [-0.4, -0.2) is 36.1 Å². The van der Waals surface area contributed by atoms with Gasteiger partial charge in [0.05, 0.1) is 0 Å². The second kappa shape index (κ2) is 5.67. The Bertz CT molecular complexity index is 443. The van der Waals surface area contributed by atoms with Crippen molar-refractivity contribution in [2.45, 2.75) is 25.8 Å². The number of nitrogens with two attached hydrogens (primary N) is 1. The fraction of sp³-hybridized carbons (Fsp3) is 0.500. The highest BCUT2D eigenvalue weighted by atomic mass is 32.1. The second-order valence-corrected chi connectivity index (χ2v) is 5.34. The topological polar surface area (TPSA) is 38.5 Å². The number of hydrogen-bond donors (Lipinski definition) is 1. The van der Waals surface area contributed by atoms with Gasteiger partial charge in [0.25, 0.3) is 0 Å². The van der Waals surface area contributed by atoms with Gasteiger partial charge in [0, 0.05) is 18.2 Å². The van der Waals surface area contributed by atoms with Gasteiger partial charge in [0.2, 0.25) is 0 Å². The molecule has 4 heteroatoms. The molecule has 0 atom stereocenters. The zero-order chi connectivity index (χ0) is 13.1. The molecule has 1 aliphatic rings. The van der Waals surface area contributed by atoms with Crippen LogP contribution in [0, 0.1) is 6.92 Å². The molecule has 0 spiro atoms. The average Bonchev–Trinajstić information content (AvgIpc) is 3.12. The number of ether oxygens (including phenoxy) is 1. The molecule has 0 aliphatic heterocycles. The van der Waals surface area contributed by atoms with E-state index in [4.69, 9.17) is 22.7 Å². The zero-order valence-electron chi connectivity index (χ0n) is 11.0. The minimum atomic E-state index is 0.438. The van der Waals surface area contributed by atoms with Crippen molar-refractivity contribution in [3.8, 4) is 5.75 Å². The van der Waals surface area contributed by atoms with Gasteiger partial charge in [-0.15, -0.1) is 0 Å². The number of nitrogens with zero attached hydrogens (tertiary/aromatic N) is 1. The van der Waals surface area contributed by atoms with Crippen molar-refractivity contribution >= 4 is 17.2 Å². The fourth-order valence-corrected chi connectivity index (χ4v) is 2.24. The zero-order valence-corrected chi connectivity index (χ0v) is 11.8.